The third kappa shape index (κ3) is 6.23. The van der Waals surface area contributed by atoms with Crippen molar-refractivity contribution < 1.29 is 9.47 Å². The summed E-state index contributed by atoms with van der Waals surface area (Å²) in [6.07, 6.45) is 2.49. The van der Waals surface area contributed by atoms with Crippen molar-refractivity contribution in [3.63, 3.8) is 0 Å². The fourth-order valence-corrected chi connectivity index (χ4v) is 2.38. The highest BCUT2D eigenvalue weighted by Gasteiger charge is 2.02. The van der Waals surface area contributed by atoms with Crippen molar-refractivity contribution in [2.75, 3.05) is 30.9 Å². The number of hydrogen-bond donors (Lipinski definition) is 2. The number of nitrogens with one attached hydrogen (secondary N) is 2. The van der Waals surface area contributed by atoms with Crippen LogP contribution in [0, 0.1) is 0 Å². The first-order chi connectivity index (χ1) is 13.3. The third-order valence-electron chi connectivity index (χ3n) is 3.75. The van der Waals surface area contributed by atoms with Gasteiger partial charge in [0.25, 0.3) is 0 Å². The molecule has 27 heavy (non-hydrogen) atoms. The Morgan fingerprint density at radius 2 is 1.81 bits per heavy atom. The van der Waals surface area contributed by atoms with E-state index in [-0.39, 0.29) is 0 Å². The minimum absolute atomic E-state index is 0.435. The summed E-state index contributed by atoms with van der Waals surface area (Å²) in [6.45, 7) is 2.01. The summed E-state index contributed by atoms with van der Waals surface area (Å²) in [7, 11) is 1.69. The maximum absolute atomic E-state index is 5.79. The van der Waals surface area contributed by atoms with E-state index in [0.29, 0.717) is 25.0 Å². The van der Waals surface area contributed by atoms with Crippen LogP contribution >= 0.6 is 0 Å². The smallest absolute Gasteiger partial charge is 0.249 e. The third-order valence-corrected chi connectivity index (χ3v) is 3.75. The Balaban J connectivity index is 1.52. The Morgan fingerprint density at radius 3 is 2.59 bits per heavy atom. The number of ether oxygens (including phenoxy) is 2. The average molecular weight is 365 g/mol. The lowest BCUT2D eigenvalue weighted by Gasteiger charge is -2.09. The fourth-order valence-electron chi connectivity index (χ4n) is 2.38. The summed E-state index contributed by atoms with van der Waals surface area (Å²) in [6, 6.07) is 17.7. The normalized spacial score (nSPS) is 10.4. The van der Waals surface area contributed by atoms with E-state index in [4.69, 9.17) is 9.47 Å². The van der Waals surface area contributed by atoms with E-state index in [1.165, 1.54) is 0 Å². The molecular formula is C20H23N5O2. The second-order valence-electron chi connectivity index (χ2n) is 5.86. The Hall–Kier alpha value is -3.19. The predicted octanol–water partition coefficient (Wildman–Crippen LogP) is 3.64. The molecular weight excluding hydrogens is 342 g/mol. The second kappa shape index (κ2) is 10.1. The molecule has 7 nitrogen and oxygen atoms in total. The van der Waals surface area contributed by atoms with Gasteiger partial charge < -0.3 is 20.1 Å². The number of anilines is 3. The molecule has 1 heterocycles. The molecule has 0 saturated heterocycles. The molecule has 0 radical (unpaired) electrons. The highest BCUT2D eigenvalue weighted by molar-refractivity contribution is 5.55. The van der Waals surface area contributed by atoms with Gasteiger partial charge in [0.05, 0.1) is 6.20 Å². The summed E-state index contributed by atoms with van der Waals surface area (Å²) in [4.78, 5) is 4.40. The van der Waals surface area contributed by atoms with Crippen molar-refractivity contribution >= 4 is 17.5 Å². The summed E-state index contributed by atoms with van der Waals surface area (Å²) in [5, 5.41) is 14.3. The summed E-state index contributed by atoms with van der Waals surface area (Å²) < 4.78 is 10.8. The van der Waals surface area contributed by atoms with Crippen LogP contribution in [0.15, 0.2) is 60.8 Å². The molecule has 2 N–H and O–H groups in total. The molecule has 2 aromatic carbocycles. The Bertz CT molecular complexity index is 812. The molecule has 140 valence electrons. The Morgan fingerprint density at radius 1 is 1.00 bits per heavy atom. The van der Waals surface area contributed by atoms with Crippen LogP contribution in [-0.2, 0) is 11.3 Å². The van der Waals surface area contributed by atoms with Crippen molar-refractivity contribution in [3.05, 3.63) is 66.4 Å². The van der Waals surface area contributed by atoms with Gasteiger partial charge >= 0.3 is 0 Å². The monoisotopic (exact) mass is 365 g/mol. The van der Waals surface area contributed by atoms with Crippen LogP contribution in [0.3, 0.4) is 0 Å². The molecule has 0 aliphatic rings. The SMILES string of the molecule is COCCCNc1cnnc(Nc2ccc(OCc3ccccc3)cc2)n1. The number of methoxy groups -OCH3 is 1. The maximum atomic E-state index is 5.79. The number of aromatic nitrogens is 3. The molecule has 7 heteroatoms. The van der Waals surface area contributed by atoms with Crippen LogP contribution in [0.25, 0.3) is 0 Å². The van der Waals surface area contributed by atoms with Crippen LogP contribution in [0.4, 0.5) is 17.5 Å². The Labute approximate surface area is 158 Å². The number of nitrogens with zero attached hydrogens (tertiary/aromatic N) is 3. The van der Waals surface area contributed by atoms with Crippen LogP contribution in [0.5, 0.6) is 5.75 Å². The summed E-state index contributed by atoms with van der Waals surface area (Å²) in [5.41, 5.74) is 1.99. The standard InChI is InChI=1S/C20H23N5O2/c1-26-13-5-12-21-19-14-22-25-20(24-19)23-17-8-10-18(11-9-17)27-15-16-6-3-2-4-7-16/h2-4,6-11,14H,5,12-13,15H2,1H3,(H2,21,23,24,25). The summed E-state index contributed by atoms with van der Waals surface area (Å²) in [5.74, 6) is 1.91. The van der Waals surface area contributed by atoms with Crippen molar-refractivity contribution in [2.24, 2.45) is 0 Å². The van der Waals surface area contributed by atoms with Crippen LogP contribution in [-0.4, -0.2) is 35.4 Å². The van der Waals surface area contributed by atoms with Gasteiger partial charge in [-0.3, -0.25) is 0 Å². The van der Waals surface area contributed by atoms with Gasteiger partial charge in [-0.15, -0.1) is 5.10 Å². The lowest BCUT2D eigenvalue weighted by Crippen LogP contribution is -2.08. The largest absolute Gasteiger partial charge is 0.489 e. The highest BCUT2D eigenvalue weighted by Crippen LogP contribution is 2.19. The zero-order valence-corrected chi connectivity index (χ0v) is 15.3. The van der Waals surface area contributed by atoms with Gasteiger partial charge in [0.15, 0.2) is 5.82 Å². The van der Waals surface area contributed by atoms with E-state index < -0.39 is 0 Å². The van der Waals surface area contributed by atoms with Crippen LogP contribution in [0.2, 0.25) is 0 Å². The lowest BCUT2D eigenvalue weighted by atomic mass is 10.2. The van der Waals surface area contributed by atoms with E-state index in [2.05, 4.69) is 25.8 Å². The van der Waals surface area contributed by atoms with Crippen LogP contribution < -0.4 is 15.4 Å². The Kier molecular flexibility index (Phi) is 6.94. The first-order valence-electron chi connectivity index (χ1n) is 8.80. The van der Waals surface area contributed by atoms with Crippen molar-refractivity contribution in [1.82, 2.24) is 15.2 Å². The van der Waals surface area contributed by atoms with Gasteiger partial charge in [0, 0.05) is 25.9 Å². The van der Waals surface area contributed by atoms with Gasteiger partial charge in [-0.2, -0.15) is 10.1 Å². The van der Waals surface area contributed by atoms with Crippen molar-refractivity contribution in [1.29, 1.82) is 0 Å². The van der Waals surface area contributed by atoms with Gasteiger partial charge in [0.1, 0.15) is 12.4 Å². The molecule has 0 bridgehead atoms. The zero-order chi connectivity index (χ0) is 18.7. The van der Waals surface area contributed by atoms with E-state index in [0.717, 1.165) is 30.0 Å². The van der Waals surface area contributed by atoms with Crippen molar-refractivity contribution in [3.8, 4) is 5.75 Å². The van der Waals surface area contributed by atoms with E-state index >= 15 is 0 Å². The van der Waals surface area contributed by atoms with E-state index in [1.807, 2.05) is 54.6 Å². The molecule has 0 amide bonds. The minimum Gasteiger partial charge on any atom is -0.489 e. The average Bonchev–Trinajstić information content (AvgIpc) is 2.72. The molecule has 0 aliphatic heterocycles. The predicted molar refractivity (Wildman–Crippen MR) is 105 cm³/mol. The summed E-state index contributed by atoms with van der Waals surface area (Å²) >= 11 is 0. The lowest BCUT2D eigenvalue weighted by molar-refractivity contribution is 0.197. The molecule has 1 aromatic heterocycles. The topological polar surface area (TPSA) is 81.2 Å². The van der Waals surface area contributed by atoms with Gasteiger partial charge in [-0.05, 0) is 36.2 Å². The minimum atomic E-state index is 0.435. The highest BCUT2D eigenvalue weighted by atomic mass is 16.5. The number of benzene rings is 2. The van der Waals surface area contributed by atoms with Gasteiger partial charge in [-0.1, -0.05) is 30.3 Å². The molecule has 3 aromatic rings. The number of rotatable bonds is 10. The molecule has 3 rings (SSSR count). The van der Waals surface area contributed by atoms with Gasteiger partial charge in [-0.25, -0.2) is 0 Å². The molecule has 0 spiro atoms. The van der Waals surface area contributed by atoms with E-state index in [9.17, 15) is 0 Å². The van der Waals surface area contributed by atoms with Gasteiger partial charge in [0.2, 0.25) is 5.95 Å². The van der Waals surface area contributed by atoms with Crippen molar-refractivity contribution in [2.45, 2.75) is 13.0 Å². The molecule has 0 fully saturated rings. The molecule has 0 aliphatic carbocycles. The van der Waals surface area contributed by atoms with Crippen LogP contribution in [0.1, 0.15) is 12.0 Å². The zero-order valence-electron chi connectivity index (χ0n) is 15.3. The maximum Gasteiger partial charge on any atom is 0.249 e. The molecule has 0 atom stereocenters. The second-order valence-corrected chi connectivity index (χ2v) is 5.86. The van der Waals surface area contributed by atoms with E-state index in [1.54, 1.807) is 13.3 Å². The number of hydrogen-bond acceptors (Lipinski definition) is 7. The fraction of sp³-hybridized carbons (Fsp3) is 0.250. The first kappa shape index (κ1) is 18.6. The first-order valence-corrected chi connectivity index (χ1v) is 8.80. The molecule has 0 unspecified atom stereocenters. The quantitative estimate of drug-likeness (QED) is 0.531. The molecule has 0 saturated carbocycles.